The molecule has 0 bridgehead atoms. The number of carbonyl (C=O) groups excluding carboxylic acids is 2. The highest BCUT2D eigenvalue weighted by Gasteiger charge is 2.41. The highest BCUT2D eigenvalue weighted by atomic mass is 32.2. The molecule has 2 aromatic carbocycles. The number of rotatable bonds is 8. The first kappa shape index (κ1) is 28.4. The molecule has 9 nitrogen and oxygen atoms in total. The van der Waals surface area contributed by atoms with E-state index in [1.165, 1.54) is 23.1 Å². The van der Waals surface area contributed by atoms with Gasteiger partial charge in [-0.25, -0.2) is 0 Å². The average Bonchev–Trinajstić information content (AvgIpc) is 3.42. The monoisotopic (exact) mass is 586 g/mol. The van der Waals surface area contributed by atoms with Gasteiger partial charge >= 0.3 is 0 Å². The van der Waals surface area contributed by atoms with Gasteiger partial charge in [0.05, 0.1) is 29.9 Å². The molecule has 11 heteroatoms. The van der Waals surface area contributed by atoms with E-state index in [1.807, 2.05) is 63.2 Å². The molecule has 2 heterocycles. The summed E-state index contributed by atoms with van der Waals surface area (Å²) in [5.41, 5.74) is 12.1. The summed E-state index contributed by atoms with van der Waals surface area (Å²) in [7, 11) is 0. The number of thioether (sulfide) groups is 1. The van der Waals surface area contributed by atoms with E-state index in [2.05, 4.69) is 21.6 Å². The third-order valence-corrected chi connectivity index (χ3v) is 9.18. The van der Waals surface area contributed by atoms with Crippen molar-refractivity contribution in [3.8, 4) is 11.8 Å². The highest BCUT2D eigenvalue weighted by Crippen LogP contribution is 2.47. The van der Waals surface area contributed by atoms with Crippen LogP contribution in [0.3, 0.4) is 0 Å². The molecule has 1 amide bonds. The molecule has 1 aliphatic heterocycles. The number of aryl methyl sites for hydroxylation is 2. The van der Waals surface area contributed by atoms with Crippen molar-refractivity contribution >= 4 is 45.6 Å². The van der Waals surface area contributed by atoms with Crippen molar-refractivity contribution in [3.63, 3.8) is 0 Å². The largest absolute Gasteiger partial charge is 0.494 e. The van der Waals surface area contributed by atoms with Gasteiger partial charge in [-0.05, 0) is 74.6 Å². The minimum Gasteiger partial charge on any atom is -0.494 e. The third-order valence-electron chi connectivity index (χ3n) is 7.14. The van der Waals surface area contributed by atoms with Gasteiger partial charge < -0.3 is 15.8 Å². The zero-order chi connectivity index (χ0) is 29.1. The number of ether oxygens (including phenoxy) is 1. The lowest BCUT2D eigenvalue weighted by Crippen LogP contribution is -2.38. The van der Waals surface area contributed by atoms with Crippen LogP contribution in [-0.4, -0.2) is 34.2 Å². The summed E-state index contributed by atoms with van der Waals surface area (Å²) >= 11 is 2.54. The Bertz CT molecular complexity index is 1600. The lowest BCUT2D eigenvalue weighted by Gasteiger charge is -2.38. The van der Waals surface area contributed by atoms with E-state index in [4.69, 9.17) is 10.5 Å². The average molecular weight is 587 g/mol. The van der Waals surface area contributed by atoms with Crippen molar-refractivity contribution in [2.45, 2.75) is 50.3 Å². The van der Waals surface area contributed by atoms with Gasteiger partial charge in [0.2, 0.25) is 11.0 Å². The molecular formula is C30H30N6O3S2. The van der Waals surface area contributed by atoms with Crippen molar-refractivity contribution in [1.82, 2.24) is 10.2 Å². The summed E-state index contributed by atoms with van der Waals surface area (Å²) in [5, 5.41) is 22.2. The summed E-state index contributed by atoms with van der Waals surface area (Å²) in [6.07, 6.45) is 1.71. The topological polar surface area (TPSA) is 134 Å². The Labute approximate surface area is 247 Å². The fourth-order valence-electron chi connectivity index (χ4n) is 5.06. The minimum absolute atomic E-state index is 0.00230. The number of nitrogens with one attached hydrogen (secondary N) is 1. The summed E-state index contributed by atoms with van der Waals surface area (Å²) in [6, 6.07) is 15.5. The molecule has 3 aromatic rings. The summed E-state index contributed by atoms with van der Waals surface area (Å²) in [4.78, 5) is 27.6. The predicted molar refractivity (Wildman–Crippen MR) is 161 cm³/mol. The molecular weight excluding hydrogens is 557 g/mol. The molecule has 3 N–H and O–H groups in total. The number of hydrogen-bond donors (Lipinski definition) is 2. The Morgan fingerprint density at radius 2 is 1.98 bits per heavy atom. The van der Waals surface area contributed by atoms with Crippen LogP contribution < -0.4 is 20.7 Å². The van der Waals surface area contributed by atoms with Crippen LogP contribution in [0.1, 0.15) is 48.8 Å². The normalized spacial score (nSPS) is 16.9. The molecule has 0 saturated heterocycles. The Morgan fingerprint density at radius 3 is 2.68 bits per heavy atom. The van der Waals surface area contributed by atoms with Crippen LogP contribution in [0.25, 0.3) is 0 Å². The van der Waals surface area contributed by atoms with Gasteiger partial charge in [-0.3, -0.25) is 14.5 Å². The maximum atomic E-state index is 13.3. The van der Waals surface area contributed by atoms with Gasteiger partial charge in [-0.2, -0.15) is 5.26 Å². The Hall–Kier alpha value is -4.14. The number of carbonyl (C=O) groups is 2. The molecule has 2 aliphatic rings. The number of ketones is 1. The number of Topliss-reactive ketones (excluding diaryl/α,β-unsaturated/α-hetero) is 1. The van der Waals surface area contributed by atoms with Gasteiger partial charge in [-0.15, -0.1) is 10.2 Å². The maximum Gasteiger partial charge on any atom is 0.234 e. The molecule has 1 aromatic heterocycles. The molecule has 0 fully saturated rings. The lowest BCUT2D eigenvalue weighted by atomic mass is 9.76. The first-order valence-electron chi connectivity index (χ1n) is 13.3. The lowest BCUT2D eigenvalue weighted by molar-refractivity contribution is -0.116. The molecule has 210 valence electrons. The number of allylic oxidation sites excluding steroid dienone is 3. The second kappa shape index (κ2) is 12.2. The van der Waals surface area contributed by atoms with Gasteiger partial charge in [-0.1, -0.05) is 41.3 Å². The number of nitrogens with two attached hydrogens (primary N) is 1. The van der Waals surface area contributed by atoms with Gasteiger partial charge in [0.1, 0.15) is 11.6 Å². The molecule has 5 rings (SSSR count). The molecule has 0 radical (unpaired) electrons. The van der Waals surface area contributed by atoms with E-state index in [9.17, 15) is 14.9 Å². The molecule has 1 unspecified atom stereocenters. The van der Waals surface area contributed by atoms with E-state index in [0.29, 0.717) is 46.5 Å². The minimum atomic E-state index is -0.564. The number of nitriles is 1. The summed E-state index contributed by atoms with van der Waals surface area (Å²) in [5.74, 6) is 0.390. The molecule has 0 spiro atoms. The second-order valence-corrected chi connectivity index (χ2v) is 12.0. The van der Waals surface area contributed by atoms with Gasteiger partial charge in [0.25, 0.3) is 0 Å². The van der Waals surface area contributed by atoms with E-state index in [1.54, 1.807) is 4.90 Å². The summed E-state index contributed by atoms with van der Waals surface area (Å²) in [6.45, 7) is 6.48. The molecule has 1 aliphatic carbocycles. The zero-order valence-corrected chi connectivity index (χ0v) is 24.7. The van der Waals surface area contributed by atoms with E-state index in [-0.39, 0.29) is 23.3 Å². The van der Waals surface area contributed by atoms with E-state index >= 15 is 0 Å². The number of amides is 1. The third kappa shape index (κ3) is 5.85. The molecule has 41 heavy (non-hydrogen) atoms. The van der Waals surface area contributed by atoms with Crippen molar-refractivity contribution in [1.29, 1.82) is 5.26 Å². The number of nitrogens with zero attached hydrogens (tertiary/aromatic N) is 4. The summed E-state index contributed by atoms with van der Waals surface area (Å²) < 4.78 is 6.15. The van der Waals surface area contributed by atoms with Crippen molar-refractivity contribution in [2.75, 3.05) is 22.6 Å². The zero-order valence-electron chi connectivity index (χ0n) is 23.1. The van der Waals surface area contributed by atoms with E-state index < -0.39 is 5.92 Å². The van der Waals surface area contributed by atoms with Crippen molar-refractivity contribution in [2.24, 2.45) is 5.73 Å². The first-order chi connectivity index (χ1) is 19.8. The maximum absolute atomic E-state index is 13.3. The van der Waals surface area contributed by atoms with Crippen LogP contribution in [0.15, 0.2) is 69.5 Å². The molecule has 0 saturated carbocycles. The molecule has 1 atom stereocenters. The van der Waals surface area contributed by atoms with Crippen LogP contribution in [0.5, 0.6) is 5.75 Å². The fourth-order valence-corrected chi connectivity index (χ4v) is 6.74. The van der Waals surface area contributed by atoms with Gasteiger partial charge in [0.15, 0.2) is 10.1 Å². The fraction of sp³-hybridized carbons (Fsp3) is 0.300. The number of hydrogen-bond acceptors (Lipinski definition) is 10. The predicted octanol–water partition coefficient (Wildman–Crippen LogP) is 5.59. The van der Waals surface area contributed by atoms with Crippen LogP contribution in [0.2, 0.25) is 0 Å². The highest BCUT2D eigenvalue weighted by molar-refractivity contribution is 8.01. The van der Waals surface area contributed by atoms with Crippen LogP contribution in [0.4, 0.5) is 10.8 Å². The first-order valence-corrected chi connectivity index (χ1v) is 15.1. The standard InChI is InChI=1S/C30H30N6O3S2/c1-4-39-21-12-9-19(10-13-21)26-22(15-31)28(32)36(23-6-5-7-24(37)27(23)26)29-34-35-30(41-29)40-16-25(38)33-20-11-8-17(2)18(3)14-20/h8-14,26H,4-7,16,32H2,1-3H3,(H,33,38). The Morgan fingerprint density at radius 1 is 1.20 bits per heavy atom. The number of anilines is 2. The van der Waals surface area contributed by atoms with Crippen LogP contribution in [-0.2, 0) is 9.59 Å². The van der Waals surface area contributed by atoms with Crippen LogP contribution in [0, 0.1) is 25.2 Å². The smallest absolute Gasteiger partial charge is 0.234 e. The van der Waals surface area contributed by atoms with Gasteiger partial charge in [0, 0.05) is 23.4 Å². The van der Waals surface area contributed by atoms with E-state index in [0.717, 1.165) is 33.8 Å². The second-order valence-electron chi connectivity index (χ2n) is 9.80. The van der Waals surface area contributed by atoms with Crippen molar-refractivity contribution < 1.29 is 14.3 Å². The Balaban J connectivity index is 1.40. The van der Waals surface area contributed by atoms with Crippen molar-refractivity contribution in [3.05, 3.63) is 81.8 Å². The number of benzene rings is 2. The number of aromatic nitrogens is 2. The van der Waals surface area contributed by atoms with Crippen LogP contribution >= 0.6 is 23.1 Å². The quantitative estimate of drug-likeness (QED) is 0.324. The Kier molecular flexibility index (Phi) is 8.42. The SMILES string of the molecule is CCOc1ccc(C2C(C#N)=C(N)N(c3nnc(SCC(=O)Nc4ccc(C)c(C)c4)s3)C3=C2C(=O)CCC3)cc1.